The van der Waals surface area contributed by atoms with E-state index in [0.717, 1.165) is 66.5 Å². The molecule has 0 atom stereocenters. The van der Waals surface area contributed by atoms with Crippen molar-refractivity contribution < 1.29 is 0 Å². The summed E-state index contributed by atoms with van der Waals surface area (Å²) in [4.78, 5) is 0. The number of hydrogen-bond acceptors (Lipinski definition) is 3. The maximum absolute atomic E-state index is 10.6. The molecule has 50 heavy (non-hydrogen) atoms. The summed E-state index contributed by atoms with van der Waals surface area (Å²) in [6.45, 7) is 0. The van der Waals surface area contributed by atoms with Gasteiger partial charge in [0.1, 0.15) is 6.07 Å². The van der Waals surface area contributed by atoms with E-state index in [2.05, 4.69) is 118 Å². The van der Waals surface area contributed by atoms with Crippen LogP contribution >= 0.6 is 0 Å². The van der Waals surface area contributed by atoms with E-state index in [4.69, 9.17) is 0 Å². The monoisotopic (exact) mass is 635 g/mol. The normalized spacial score (nSPS) is 11.1. The summed E-state index contributed by atoms with van der Waals surface area (Å²) in [7, 11) is 0. The van der Waals surface area contributed by atoms with Crippen LogP contribution in [-0.4, -0.2) is 9.13 Å². The van der Waals surface area contributed by atoms with E-state index in [1.54, 1.807) is 12.1 Å². The summed E-state index contributed by atoms with van der Waals surface area (Å²) in [6, 6.07) is 57.9. The van der Waals surface area contributed by atoms with Crippen molar-refractivity contribution in [3.63, 3.8) is 0 Å². The molecule has 0 spiro atoms. The number of benzene rings is 7. The quantitative estimate of drug-likeness (QED) is 0.193. The number of para-hydroxylation sites is 3. The van der Waals surface area contributed by atoms with Crippen molar-refractivity contribution in [2.75, 3.05) is 0 Å². The molecule has 0 radical (unpaired) electrons. The summed E-state index contributed by atoms with van der Waals surface area (Å²) in [6.07, 6.45) is 0. The molecular formula is C45H25N5. The molecule has 7 aromatic carbocycles. The van der Waals surface area contributed by atoms with Crippen molar-refractivity contribution >= 4 is 43.6 Å². The molecule has 0 saturated carbocycles. The Balaban J connectivity index is 1.31. The van der Waals surface area contributed by atoms with E-state index in [1.165, 1.54) is 10.8 Å². The molecule has 9 rings (SSSR count). The van der Waals surface area contributed by atoms with Crippen LogP contribution in [0.15, 0.2) is 152 Å². The molecule has 5 heteroatoms. The van der Waals surface area contributed by atoms with Crippen LogP contribution in [0.25, 0.3) is 77.2 Å². The highest BCUT2D eigenvalue weighted by molar-refractivity contribution is 6.13. The van der Waals surface area contributed by atoms with Gasteiger partial charge in [-0.05, 0) is 77.4 Å². The van der Waals surface area contributed by atoms with Gasteiger partial charge in [0.25, 0.3) is 0 Å². The molecule has 0 aliphatic heterocycles. The van der Waals surface area contributed by atoms with Gasteiger partial charge in [0.15, 0.2) is 0 Å². The van der Waals surface area contributed by atoms with Gasteiger partial charge in [-0.1, -0.05) is 91.0 Å². The summed E-state index contributed by atoms with van der Waals surface area (Å²) < 4.78 is 4.39. The maximum Gasteiger partial charge on any atom is 0.101 e. The van der Waals surface area contributed by atoms with Crippen molar-refractivity contribution in [2.24, 2.45) is 0 Å². The average molecular weight is 636 g/mol. The average Bonchev–Trinajstić information content (AvgIpc) is 3.70. The Kier molecular flexibility index (Phi) is 6.56. The van der Waals surface area contributed by atoms with Gasteiger partial charge in [0.2, 0.25) is 0 Å². The molecule has 0 saturated heterocycles. The fraction of sp³-hybridized carbons (Fsp3) is 0. The first-order chi connectivity index (χ1) is 24.7. The van der Waals surface area contributed by atoms with Gasteiger partial charge >= 0.3 is 0 Å². The molecule has 2 heterocycles. The lowest BCUT2D eigenvalue weighted by molar-refractivity contribution is 1.17. The molecule has 0 amide bonds. The Bertz CT molecular complexity index is 2920. The first-order valence-electron chi connectivity index (χ1n) is 16.3. The van der Waals surface area contributed by atoms with Gasteiger partial charge in [0, 0.05) is 32.8 Å². The van der Waals surface area contributed by atoms with Crippen molar-refractivity contribution in [2.45, 2.75) is 0 Å². The Labute approximate surface area is 287 Å². The smallest absolute Gasteiger partial charge is 0.101 e. The lowest BCUT2D eigenvalue weighted by Crippen LogP contribution is -2.02. The number of rotatable bonds is 4. The highest BCUT2D eigenvalue weighted by Gasteiger charge is 2.22. The van der Waals surface area contributed by atoms with Crippen LogP contribution in [0.3, 0.4) is 0 Å². The molecule has 230 valence electrons. The third-order valence-electron chi connectivity index (χ3n) is 9.63. The lowest BCUT2D eigenvalue weighted by atomic mass is 9.92. The van der Waals surface area contributed by atoms with E-state index in [9.17, 15) is 15.8 Å². The van der Waals surface area contributed by atoms with Crippen LogP contribution in [0.4, 0.5) is 0 Å². The minimum atomic E-state index is 0.502. The van der Waals surface area contributed by atoms with Gasteiger partial charge in [0.05, 0.1) is 56.6 Å². The highest BCUT2D eigenvalue weighted by Crippen LogP contribution is 2.42. The maximum atomic E-state index is 10.6. The first-order valence-corrected chi connectivity index (χ1v) is 16.3. The van der Waals surface area contributed by atoms with E-state index in [1.807, 2.05) is 48.5 Å². The number of hydrogen-bond donors (Lipinski definition) is 0. The molecule has 0 unspecified atom stereocenters. The molecule has 2 aromatic heterocycles. The van der Waals surface area contributed by atoms with Crippen LogP contribution in [0, 0.1) is 34.0 Å². The van der Waals surface area contributed by atoms with Gasteiger partial charge < -0.3 is 9.13 Å². The predicted molar refractivity (Wildman–Crippen MR) is 200 cm³/mol. The topological polar surface area (TPSA) is 81.2 Å². The summed E-state index contributed by atoms with van der Waals surface area (Å²) >= 11 is 0. The Hall–Kier alpha value is -7.39. The third kappa shape index (κ3) is 4.24. The molecule has 0 N–H and O–H groups in total. The number of nitriles is 3. The molecule has 0 bridgehead atoms. The second kappa shape index (κ2) is 11.4. The van der Waals surface area contributed by atoms with E-state index in [-0.39, 0.29) is 0 Å². The van der Waals surface area contributed by atoms with Crippen LogP contribution in [0.1, 0.15) is 16.7 Å². The zero-order valence-electron chi connectivity index (χ0n) is 26.7. The zero-order valence-corrected chi connectivity index (χ0v) is 26.7. The largest absolute Gasteiger partial charge is 0.309 e. The minimum Gasteiger partial charge on any atom is -0.309 e. The van der Waals surface area contributed by atoms with Gasteiger partial charge in [-0.25, -0.2) is 0 Å². The molecular weight excluding hydrogens is 611 g/mol. The Morgan fingerprint density at radius 2 is 1.00 bits per heavy atom. The first kappa shape index (κ1) is 28.8. The summed E-state index contributed by atoms with van der Waals surface area (Å²) in [5, 5.41) is 34.4. The SMILES string of the molecule is N#Cc1ccc2c(c1)c1c(C#N)cccc1n2-c1c(C#N)cccc1-c1ccccc1-c1cccc(-n2c3ccccc3c3ccccc32)c1. The number of aromatic nitrogens is 2. The fourth-order valence-electron chi connectivity index (χ4n) is 7.55. The molecule has 5 nitrogen and oxygen atoms in total. The standard InChI is InChI=1S/C45H25N5/c46-26-29-22-23-42-39(24-29)44-31(27-47)11-9-21-43(44)50(42)45-32(28-48)12-8-18-38(45)35-15-2-1-14-34(35)30-10-7-13-33(25-30)49-40-19-5-3-16-36(40)37-17-4-6-20-41(37)49/h1-25H. The highest BCUT2D eigenvalue weighted by atomic mass is 15.0. The van der Waals surface area contributed by atoms with Crippen LogP contribution < -0.4 is 0 Å². The van der Waals surface area contributed by atoms with Crippen molar-refractivity contribution in [1.29, 1.82) is 15.8 Å². The van der Waals surface area contributed by atoms with Gasteiger partial charge in [-0.15, -0.1) is 0 Å². The molecule has 0 fully saturated rings. The summed E-state index contributed by atoms with van der Waals surface area (Å²) in [5.41, 5.74) is 11.1. The van der Waals surface area contributed by atoms with Crippen molar-refractivity contribution in [3.05, 3.63) is 168 Å². The van der Waals surface area contributed by atoms with Crippen molar-refractivity contribution in [1.82, 2.24) is 9.13 Å². The van der Waals surface area contributed by atoms with Gasteiger partial charge in [-0.3, -0.25) is 0 Å². The Morgan fingerprint density at radius 1 is 0.400 bits per heavy atom. The second-order valence-electron chi connectivity index (χ2n) is 12.3. The Morgan fingerprint density at radius 3 is 1.74 bits per heavy atom. The van der Waals surface area contributed by atoms with Crippen molar-refractivity contribution in [3.8, 4) is 51.8 Å². The van der Waals surface area contributed by atoms with Gasteiger partial charge in [-0.2, -0.15) is 15.8 Å². The molecule has 9 aromatic rings. The third-order valence-corrected chi connectivity index (χ3v) is 9.63. The number of nitrogens with zero attached hydrogens (tertiary/aromatic N) is 5. The molecule has 0 aliphatic rings. The summed E-state index contributed by atoms with van der Waals surface area (Å²) in [5.74, 6) is 0. The number of fused-ring (bicyclic) bond motifs is 6. The second-order valence-corrected chi connectivity index (χ2v) is 12.3. The molecule has 0 aliphatic carbocycles. The van der Waals surface area contributed by atoms with E-state index < -0.39 is 0 Å². The predicted octanol–water partition coefficient (Wildman–Crippen LogP) is 10.8. The fourth-order valence-corrected chi connectivity index (χ4v) is 7.55. The lowest BCUT2D eigenvalue weighted by Gasteiger charge is -2.19. The van der Waals surface area contributed by atoms with E-state index >= 15 is 0 Å². The van der Waals surface area contributed by atoms with E-state index in [0.29, 0.717) is 16.7 Å². The zero-order chi connectivity index (χ0) is 33.8. The van der Waals surface area contributed by atoms with Crippen LogP contribution in [0.5, 0.6) is 0 Å². The minimum absolute atomic E-state index is 0.502. The van der Waals surface area contributed by atoms with Crippen LogP contribution in [0.2, 0.25) is 0 Å². The van der Waals surface area contributed by atoms with Crippen LogP contribution in [-0.2, 0) is 0 Å².